The average Bonchev–Trinajstić information content (AvgIpc) is 3.04. The van der Waals surface area contributed by atoms with E-state index >= 15 is 4.39 Å². The molecule has 0 atom stereocenters. The molecule has 3 rings (SSSR count). The fourth-order valence-electron chi connectivity index (χ4n) is 4.55. The highest BCUT2D eigenvalue weighted by atomic mass is 19.1. The van der Waals surface area contributed by atoms with Crippen LogP contribution in [-0.2, 0) is 35.1 Å². The molecule has 0 N–H and O–H groups in total. The number of ether oxygens (including phenoxy) is 6. The number of hydrogen-bond donors (Lipinski definition) is 0. The minimum Gasteiger partial charge on any atom is -0.493 e. The van der Waals surface area contributed by atoms with Crippen LogP contribution in [0.25, 0.3) is 11.1 Å². The van der Waals surface area contributed by atoms with E-state index in [1.54, 1.807) is 37.3 Å². The Balaban J connectivity index is 1.58. The van der Waals surface area contributed by atoms with Crippen LogP contribution in [0.1, 0.15) is 64.4 Å². The normalized spacial score (nSPS) is 13.6. The Hall–Kier alpha value is -4.34. The van der Waals surface area contributed by atoms with Gasteiger partial charge in [-0.25, -0.2) is 18.8 Å². The summed E-state index contributed by atoms with van der Waals surface area (Å²) in [5.74, 6) is -0.503. The smallest absolute Gasteiger partial charge is 0.493 e. The number of rotatable bonds is 19. The molecule has 1 fully saturated rings. The van der Waals surface area contributed by atoms with Gasteiger partial charge in [-0.3, -0.25) is 0 Å². The average molecular weight is 627 g/mol. The third-order valence-corrected chi connectivity index (χ3v) is 7.51. The molecule has 0 unspecified atom stereocenters. The fraction of sp³-hybridized carbons (Fsp3) is 0.457. The monoisotopic (exact) mass is 626 g/mol. The summed E-state index contributed by atoms with van der Waals surface area (Å²) in [5.41, 5.74) is 1.21. The van der Waals surface area contributed by atoms with E-state index in [1.165, 1.54) is 6.07 Å². The number of halogens is 1. The third kappa shape index (κ3) is 11.3. The van der Waals surface area contributed by atoms with Gasteiger partial charge in [0.1, 0.15) is 43.7 Å². The number of benzene rings is 2. The van der Waals surface area contributed by atoms with Crippen LogP contribution >= 0.6 is 0 Å². The maximum atomic E-state index is 15.3. The van der Waals surface area contributed by atoms with Crippen molar-refractivity contribution < 1.29 is 47.2 Å². The van der Waals surface area contributed by atoms with Crippen molar-refractivity contribution in [3.8, 4) is 22.6 Å². The van der Waals surface area contributed by atoms with Gasteiger partial charge >= 0.3 is 18.1 Å². The first-order valence-corrected chi connectivity index (χ1v) is 15.3. The van der Waals surface area contributed by atoms with Gasteiger partial charge in [0.05, 0.1) is 18.6 Å². The van der Waals surface area contributed by atoms with Crippen LogP contribution in [-0.4, -0.2) is 51.1 Å². The first kappa shape index (κ1) is 35.1. The number of unbranched alkanes of at least 4 members (excludes halogenated alkanes) is 5. The van der Waals surface area contributed by atoms with E-state index in [2.05, 4.69) is 13.2 Å². The van der Waals surface area contributed by atoms with Crippen LogP contribution in [0.3, 0.4) is 0 Å². The Morgan fingerprint density at radius 2 is 1.64 bits per heavy atom. The molecule has 45 heavy (non-hydrogen) atoms. The zero-order valence-corrected chi connectivity index (χ0v) is 26.2. The van der Waals surface area contributed by atoms with E-state index in [0.29, 0.717) is 47.8 Å². The second-order valence-corrected chi connectivity index (χ2v) is 11.1. The van der Waals surface area contributed by atoms with Crippen molar-refractivity contribution in [3.05, 3.63) is 72.6 Å². The molecule has 1 aliphatic heterocycles. The second-order valence-electron chi connectivity index (χ2n) is 11.1. The molecule has 1 heterocycles. The first-order valence-electron chi connectivity index (χ1n) is 15.3. The van der Waals surface area contributed by atoms with Crippen molar-refractivity contribution >= 4 is 18.1 Å². The van der Waals surface area contributed by atoms with E-state index in [-0.39, 0.29) is 32.0 Å². The van der Waals surface area contributed by atoms with Gasteiger partial charge in [-0.1, -0.05) is 51.8 Å². The van der Waals surface area contributed by atoms with Gasteiger partial charge in [-0.15, -0.1) is 0 Å². The summed E-state index contributed by atoms with van der Waals surface area (Å²) >= 11 is 0. The Kier molecular flexibility index (Phi) is 13.9. The molecule has 9 nitrogen and oxygen atoms in total. The molecule has 0 saturated carbocycles. The molecule has 0 bridgehead atoms. The lowest BCUT2D eigenvalue weighted by atomic mass is 9.87. The van der Waals surface area contributed by atoms with E-state index in [0.717, 1.165) is 44.6 Å². The molecule has 0 aromatic heterocycles. The molecular formula is C35H43FO9. The summed E-state index contributed by atoms with van der Waals surface area (Å²) in [5, 5.41) is 0. The van der Waals surface area contributed by atoms with Crippen molar-refractivity contribution in [3.63, 3.8) is 0 Å². The lowest BCUT2D eigenvalue weighted by molar-refractivity contribution is -0.140. The van der Waals surface area contributed by atoms with Crippen molar-refractivity contribution in [2.75, 3.05) is 33.0 Å². The van der Waals surface area contributed by atoms with Crippen LogP contribution in [0.2, 0.25) is 0 Å². The van der Waals surface area contributed by atoms with Gasteiger partial charge in [0.25, 0.3) is 0 Å². The van der Waals surface area contributed by atoms with Crippen LogP contribution < -0.4 is 9.47 Å². The maximum absolute atomic E-state index is 15.3. The molecule has 244 valence electrons. The van der Waals surface area contributed by atoms with Crippen LogP contribution in [0.15, 0.2) is 61.2 Å². The maximum Gasteiger partial charge on any atom is 0.508 e. The number of cyclic esters (lactones) is 2. The van der Waals surface area contributed by atoms with Gasteiger partial charge in [0, 0.05) is 28.8 Å². The molecular weight excluding hydrogens is 583 g/mol. The standard InChI is InChI=1S/C35H43FO9/c1-5-32(37)41-18-12-10-8-7-9-11-17-40-28-14-15-29(30(36)20-28)26-13-16-31(27(19-26)21-42-33(38)25(3)4)43-22-35(6-2)23-44-34(39)45-24-35/h5,13-16,19-20H,1,3,6-12,17-18,21-24H2,2,4H3. The van der Waals surface area contributed by atoms with E-state index in [9.17, 15) is 14.4 Å². The summed E-state index contributed by atoms with van der Waals surface area (Å²) < 4.78 is 47.7. The molecule has 2 aromatic rings. The quantitative estimate of drug-likeness (QED) is 0.0678. The summed E-state index contributed by atoms with van der Waals surface area (Å²) in [6.45, 7) is 11.8. The van der Waals surface area contributed by atoms with E-state index < -0.39 is 29.3 Å². The second kappa shape index (κ2) is 17.8. The highest BCUT2D eigenvalue weighted by Crippen LogP contribution is 2.33. The Morgan fingerprint density at radius 3 is 2.29 bits per heavy atom. The largest absolute Gasteiger partial charge is 0.508 e. The Bertz CT molecular complexity index is 1330. The van der Waals surface area contributed by atoms with Gasteiger partial charge in [0.15, 0.2) is 0 Å². The third-order valence-electron chi connectivity index (χ3n) is 7.51. The van der Waals surface area contributed by atoms with Crippen LogP contribution in [0.4, 0.5) is 9.18 Å². The number of hydrogen-bond acceptors (Lipinski definition) is 9. The van der Waals surface area contributed by atoms with Gasteiger partial charge in [0.2, 0.25) is 0 Å². The van der Waals surface area contributed by atoms with E-state index in [4.69, 9.17) is 28.4 Å². The molecule has 1 aliphatic rings. The highest BCUT2D eigenvalue weighted by Gasteiger charge is 2.37. The number of carbonyl (C=O) groups excluding carboxylic acids is 3. The minimum absolute atomic E-state index is 0.106. The minimum atomic E-state index is -0.705. The molecule has 2 aromatic carbocycles. The molecule has 0 aliphatic carbocycles. The van der Waals surface area contributed by atoms with Crippen molar-refractivity contribution in [1.82, 2.24) is 0 Å². The molecule has 0 spiro atoms. The predicted octanol–water partition coefficient (Wildman–Crippen LogP) is 7.50. The number of esters is 2. The lowest BCUT2D eigenvalue weighted by Gasteiger charge is -2.34. The first-order chi connectivity index (χ1) is 21.7. The molecule has 0 radical (unpaired) electrons. The summed E-state index contributed by atoms with van der Waals surface area (Å²) in [6, 6.07) is 9.90. The van der Waals surface area contributed by atoms with Crippen LogP contribution in [0, 0.1) is 11.2 Å². The van der Waals surface area contributed by atoms with Crippen molar-refractivity contribution in [2.45, 2.75) is 65.4 Å². The SMILES string of the molecule is C=CC(=O)OCCCCCCCCOc1ccc(-c2ccc(OCC3(CC)COC(=O)OC3)c(COC(=O)C(=C)C)c2)c(F)c1. The van der Waals surface area contributed by atoms with E-state index in [1.807, 2.05) is 6.92 Å². The number of carbonyl (C=O) groups is 3. The molecule has 10 heteroatoms. The zero-order valence-electron chi connectivity index (χ0n) is 26.2. The zero-order chi connectivity index (χ0) is 32.7. The summed E-state index contributed by atoms with van der Waals surface area (Å²) in [6.07, 6.45) is 6.81. The Morgan fingerprint density at radius 1 is 0.956 bits per heavy atom. The molecule has 1 saturated heterocycles. The summed E-state index contributed by atoms with van der Waals surface area (Å²) in [7, 11) is 0. The van der Waals surface area contributed by atoms with Gasteiger partial charge in [-0.05, 0) is 56.0 Å². The lowest BCUT2D eigenvalue weighted by Crippen LogP contribution is -2.43. The van der Waals surface area contributed by atoms with Crippen LogP contribution in [0.5, 0.6) is 11.5 Å². The predicted molar refractivity (Wildman–Crippen MR) is 166 cm³/mol. The van der Waals surface area contributed by atoms with Crippen molar-refractivity contribution in [1.29, 1.82) is 0 Å². The topological polar surface area (TPSA) is 107 Å². The van der Waals surface area contributed by atoms with Crippen molar-refractivity contribution in [2.24, 2.45) is 5.41 Å². The Labute approximate surface area is 264 Å². The fourth-order valence-corrected chi connectivity index (χ4v) is 4.55. The molecule has 0 amide bonds. The van der Waals surface area contributed by atoms with Gasteiger partial charge in [-0.2, -0.15) is 0 Å². The highest BCUT2D eigenvalue weighted by molar-refractivity contribution is 5.87. The van der Waals surface area contributed by atoms with Gasteiger partial charge < -0.3 is 28.4 Å². The summed E-state index contributed by atoms with van der Waals surface area (Å²) in [4.78, 5) is 34.5.